The van der Waals surface area contributed by atoms with Crippen LogP contribution < -0.4 is 15.0 Å². The summed E-state index contributed by atoms with van der Waals surface area (Å²) < 4.78 is 5.46. The van der Waals surface area contributed by atoms with Crippen molar-refractivity contribution in [3.63, 3.8) is 0 Å². The van der Waals surface area contributed by atoms with Crippen LogP contribution in [0.1, 0.15) is 36.5 Å². The minimum absolute atomic E-state index is 0.253. The lowest BCUT2D eigenvalue weighted by atomic mass is 10.1. The molecule has 0 saturated carbocycles. The maximum atomic E-state index is 12.8. The van der Waals surface area contributed by atoms with E-state index in [0.29, 0.717) is 28.8 Å². The van der Waals surface area contributed by atoms with Crippen molar-refractivity contribution in [2.75, 3.05) is 29.9 Å². The molecule has 3 rings (SSSR count). The second-order valence-corrected chi connectivity index (χ2v) is 6.39. The van der Waals surface area contributed by atoms with Gasteiger partial charge >= 0.3 is 0 Å². The topological polar surface area (TPSA) is 54.5 Å². The molecule has 0 unspecified atom stereocenters. The van der Waals surface area contributed by atoms with Crippen molar-refractivity contribution in [1.29, 1.82) is 0 Å². The van der Waals surface area contributed by atoms with Gasteiger partial charge < -0.3 is 15.0 Å². The first-order chi connectivity index (χ1) is 12.2. The van der Waals surface area contributed by atoms with Crippen molar-refractivity contribution >= 4 is 28.9 Å². The molecule has 1 fully saturated rings. The first-order valence-electron chi connectivity index (χ1n) is 8.62. The molecular weight excluding hydrogens is 338 g/mol. The van der Waals surface area contributed by atoms with Crippen LogP contribution in [0.25, 0.3) is 0 Å². The van der Waals surface area contributed by atoms with E-state index in [-0.39, 0.29) is 5.91 Å². The molecule has 1 N–H and O–H groups in total. The number of nitrogens with zero attached hydrogens (tertiary/aromatic N) is 2. The number of aromatic nitrogens is 1. The molecule has 1 aliphatic heterocycles. The van der Waals surface area contributed by atoms with E-state index in [9.17, 15) is 4.79 Å². The summed E-state index contributed by atoms with van der Waals surface area (Å²) in [4.78, 5) is 19.2. The average Bonchev–Trinajstić information content (AvgIpc) is 2.63. The standard InChI is InChI=1S/C19H22ClN3O2/c1-2-25-19-15(7-6-10-21-19)18(24)22-16-13-14(20)8-9-17(16)23-11-4-3-5-12-23/h6-10,13H,2-5,11-12H2,1H3,(H,22,24). The Bertz CT molecular complexity index is 745. The Morgan fingerprint density at radius 3 is 2.84 bits per heavy atom. The van der Waals surface area contributed by atoms with Crippen LogP contribution in [0.2, 0.25) is 5.02 Å². The van der Waals surface area contributed by atoms with Crippen LogP contribution in [0.4, 0.5) is 11.4 Å². The van der Waals surface area contributed by atoms with Crippen molar-refractivity contribution in [3.05, 3.63) is 47.1 Å². The van der Waals surface area contributed by atoms with Gasteiger partial charge in [0.05, 0.1) is 18.0 Å². The number of carbonyl (C=O) groups excluding carboxylic acids is 1. The quantitative estimate of drug-likeness (QED) is 0.860. The Hall–Kier alpha value is -2.27. The third-order valence-corrected chi connectivity index (χ3v) is 4.44. The van der Waals surface area contributed by atoms with E-state index in [1.807, 2.05) is 19.1 Å². The predicted octanol–water partition coefficient (Wildman–Crippen LogP) is 4.38. The number of amides is 1. The zero-order chi connectivity index (χ0) is 17.6. The average molecular weight is 360 g/mol. The number of ether oxygens (including phenoxy) is 1. The van der Waals surface area contributed by atoms with Gasteiger partial charge in [-0.2, -0.15) is 0 Å². The van der Waals surface area contributed by atoms with E-state index < -0.39 is 0 Å². The van der Waals surface area contributed by atoms with E-state index in [0.717, 1.165) is 31.6 Å². The Balaban J connectivity index is 1.87. The summed E-state index contributed by atoms with van der Waals surface area (Å²) in [5, 5.41) is 3.57. The van der Waals surface area contributed by atoms with Gasteiger partial charge in [-0.3, -0.25) is 4.79 Å². The van der Waals surface area contributed by atoms with Crippen molar-refractivity contribution < 1.29 is 9.53 Å². The second kappa shape index (κ2) is 8.21. The van der Waals surface area contributed by atoms with Gasteiger partial charge in [0.15, 0.2) is 0 Å². The Morgan fingerprint density at radius 2 is 2.08 bits per heavy atom. The maximum Gasteiger partial charge on any atom is 0.261 e. The lowest BCUT2D eigenvalue weighted by molar-refractivity contribution is 0.102. The van der Waals surface area contributed by atoms with E-state index in [1.54, 1.807) is 24.4 Å². The van der Waals surface area contributed by atoms with Gasteiger partial charge in [-0.15, -0.1) is 0 Å². The molecule has 1 aromatic heterocycles. The van der Waals surface area contributed by atoms with Crippen molar-refractivity contribution in [1.82, 2.24) is 4.98 Å². The highest BCUT2D eigenvalue weighted by molar-refractivity contribution is 6.31. The van der Waals surface area contributed by atoms with Crippen molar-refractivity contribution in [2.45, 2.75) is 26.2 Å². The van der Waals surface area contributed by atoms with E-state index in [2.05, 4.69) is 15.2 Å². The van der Waals surface area contributed by atoms with Crippen molar-refractivity contribution in [2.24, 2.45) is 0 Å². The van der Waals surface area contributed by atoms with E-state index in [4.69, 9.17) is 16.3 Å². The van der Waals surface area contributed by atoms with Gasteiger partial charge in [-0.25, -0.2) is 4.98 Å². The molecule has 2 heterocycles. The molecule has 1 saturated heterocycles. The first-order valence-corrected chi connectivity index (χ1v) is 9.00. The summed E-state index contributed by atoms with van der Waals surface area (Å²) in [5.41, 5.74) is 2.12. The van der Waals surface area contributed by atoms with Crippen LogP contribution in [0.3, 0.4) is 0 Å². The molecule has 2 aromatic rings. The Kier molecular flexibility index (Phi) is 5.76. The normalized spacial score (nSPS) is 14.2. The summed E-state index contributed by atoms with van der Waals surface area (Å²) in [6, 6.07) is 9.05. The zero-order valence-corrected chi connectivity index (χ0v) is 15.1. The fourth-order valence-corrected chi connectivity index (χ4v) is 3.20. The van der Waals surface area contributed by atoms with Gasteiger partial charge in [0, 0.05) is 24.3 Å². The summed E-state index contributed by atoms with van der Waals surface area (Å²) in [6.45, 7) is 4.29. The molecule has 0 bridgehead atoms. The van der Waals surface area contributed by atoms with Gasteiger partial charge in [-0.05, 0) is 56.5 Å². The van der Waals surface area contributed by atoms with Crippen LogP contribution >= 0.6 is 11.6 Å². The highest BCUT2D eigenvalue weighted by Gasteiger charge is 2.19. The lowest BCUT2D eigenvalue weighted by Gasteiger charge is -2.30. The molecule has 5 nitrogen and oxygen atoms in total. The number of carbonyl (C=O) groups is 1. The smallest absolute Gasteiger partial charge is 0.261 e. The van der Waals surface area contributed by atoms with Gasteiger partial charge in [0.1, 0.15) is 5.56 Å². The molecule has 1 aromatic carbocycles. The van der Waals surface area contributed by atoms with Gasteiger partial charge in [0.25, 0.3) is 5.91 Å². The van der Waals surface area contributed by atoms with Crippen LogP contribution in [0.5, 0.6) is 5.88 Å². The molecule has 0 spiro atoms. The van der Waals surface area contributed by atoms with Crippen LogP contribution in [-0.2, 0) is 0 Å². The lowest BCUT2D eigenvalue weighted by Crippen LogP contribution is -2.30. The SMILES string of the molecule is CCOc1ncccc1C(=O)Nc1cc(Cl)ccc1N1CCCCC1. The number of hydrogen-bond acceptors (Lipinski definition) is 4. The number of piperidine rings is 1. The number of pyridine rings is 1. The fraction of sp³-hybridized carbons (Fsp3) is 0.368. The van der Waals surface area contributed by atoms with E-state index in [1.165, 1.54) is 6.42 Å². The third-order valence-electron chi connectivity index (χ3n) is 4.20. The third kappa shape index (κ3) is 4.23. The predicted molar refractivity (Wildman–Crippen MR) is 101 cm³/mol. The van der Waals surface area contributed by atoms with Gasteiger partial charge in [-0.1, -0.05) is 11.6 Å². The van der Waals surface area contributed by atoms with Crippen molar-refractivity contribution in [3.8, 4) is 5.88 Å². The molecule has 25 heavy (non-hydrogen) atoms. The first kappa shape index (κ1) is 17.5. The van der Waals surface area contributed by atoms with Crippen LogP contribution in [0, 0.1) is 0 Å². The molecule has 0 radical (unpaired) electrons. The number of nitrogens with one attached hydrogen (secondary N) is 1. The molecular formula is C19H22ClN3O2. The molecule has 6 heteroatoms. The Morgan fingerprint density at radius 1 is 1.28 bits per heavy atom. The minimum Gasteiger partial charge on any atom is -0.477 e. The Labute approximate surface area is 153 Å². The summed E-state index contributed by atoms with van der Waals surface area (Å²) >= 11 is 6.16. The van der Waals surface area contributed by atoms with Crippen LogP contribution in [-0.4, -0.2) is 30.6 Å². The zero-order valence-electron chi connectivity index (χ0n) is 14.3. The summed E-state index contributed by atoms with van der Waals surface area (Å²) in [6.07, 6.45) is 5.18. The number of anilines is 2. The number of rotatable bonds is 5. The molecule has 1 aliphatic rings. The maximum absolute atomic E-state index is 12.8. The molecule has 0 aliphatic carbocycles. The largest absolute Gasteiger partial charge is 0.477 e. The molecule has 1 amide bonds. The van der Waals surface area contributed by atoms with Gasteiger partial charge in [0.2, 0.25) is 5.88 Å². The fourth-order valence-electron chi connectivity index (χ4n) is 3.02. The highest BCUT2D eigenvalue weighted by Crippen LogP contribution is 2.32. The monoisotopic (exact) mass is 359 g/mol. The minimum atomic E-state index is -0.253. The molecule has 0 atom stereocenters. The number of hydrogen-bond donors (Lipinski definition) is 1. The number of benzene rings is 1. The number of halogens is 1. The summed E-state index contributed by atoms with van der Waals surface area (Å²) in [5.74, 6) is 0.0844. The molecule has 132 valence electrons. The van der Waals surface area contributed by atoms with E-state index >= 15 is 0 Å². The second-order valence-electron chi connectivity index (χ2n) is 5.95. The highest BCUT2D eigenvalue weighted by atomic mass is 35.5. The van der Waals surface area contributed by atoms with Crippen LogP contribution in [0.15, 0.2) is 36.5 Å². The summed E-state index contributed by atoms with van der Waals surface area (Å²) in [7, 11) is 0.